The van der Waals surface area contributed by atoms with Crippen molar-refractivity contribution in [3.63, 3.8) is 0 Å². The predicted octanol–water partition coefficient (Wildman–Crippen LogP) is 0.933. The lowest BCUT2D eigenvalue weighted by Gasteiger charge is -2.23. The van der Waals surface area contributed by atoms with Gasteiger partial charge in [0.1, 0.15) is 12.2 Å². The third-order valence-electron chi connectivity index (χ3n) is 3.74. The Morgan fingerprint density at radius 2 is 2.41 bits per heavy atom. The zero-order valence-electron chi connectivity index (χ0n) is 12.7. The number of aromatic nitrogens is 4. The Labute approximate surface area is 128 Å². The van der Waals surface area contributed by atoms with Crippen molar-refractivity contribution < 1.29 is 9.32 Å². The quantitative estimate of drug-likeness (QED) is 0.853. The second-order valence-electron chi connectivity index (χ2n) is 5.79. The summed E-state index contributed by atoms with van der Waals surface area (Å²) in [6.45, 7) is 5.01. The van der Waals surface area contributed by atoms with E-state index in [0.717, 1.165) is 30.9 Å². The van der Waals surface area contributed by atoms with Crippen molar-refractivity contribution in [2.45, 2.75) is 45.2 Å². The van der Waals surface area contributed by atoms with Crippen molar-refractivity contribution in [2.75, 3.05) is 11.9 Å². The van der Waals surface area contributed by atoms with Crippen molar-refractivity contribution in [2.24, 2.45) is 0 Å². The van der Waals surface area contributed by atoms with Crippen LogP contribution in [0.3, 0.4) is 0 Å². The summed E-state index contributed by atoms with van der Waals surface area (Å²) in [6, 6.07) is 1.98. The summed E-state index contributed by atoms with van der Waals surface area (Å²) in [6.07, 6.45) is 3.39. The van der Waals surface area contributed by atoms with Crippen molar-refractivity contribution >= 4 is 11.8 Å². The molecule has 22 heavy (non-hydrogen) atoms. The summed E-state index contributed by atoms with van der Waals surface area (Å²) in [4.78, 5) is 16.1. The Morgan fingerprint density at radius 3 is 3.18 bits per heavy atom. The molecule has 0 aromatic carbocycles. The monoisotopic (exact) mass is 304 g/mol. The standard InChI is InChI=1S/C14H20N6O2/c1-9(2)11-5-14(22-19-11)18-13(21)6-15-10-3-4-12-16-8-17-20(12)7-10/h5,8-10,15H,3-4,6-7H2,1-2H3,(H,18,21)/t10-/m0/s1. The maximum atomic E-state index is 11.9. The Kier molecular flexibility index (Phi) is 4.19. The fourth-order valence-electron chi connectivity index (χ4n) is 2.44. The third kappa shape index (κ3) is 3.33. The van der Waals surface area contributed by atoms with Gasteiger partial charge in [0.25, 0.3) is 0 Å². The van der Waals surface area contributed by atoms with Gasteiger partial charge in [-0.3, -0.25) is 10.1 Å². The highest BCUT2D eigenvalue weighted by atomic mass is 16.5. The zero-order chi connectivity index (χ0) is 15.5. The van der Waals surface area contributed by atoms with Gasteiger partial charge in [0.15, 0.2) is 0 Å². The number of nitrogens with one attached hydrogen (secondary N) is 2. The number of carbonyl (C=O) groups is 1. The van der Waals surface area contributed by atoms with E-state index in [9.17, 15) is 4.79 Å². The van der Waals surface area contributed by atoms with E-state index in [4.69, 9.17) is 4.52 Å². The van der Waals surface area contributed by atoms with Gasteiger partial charge >= 0.3 is 0 Å². The molecule has 1 amide bonds. The van der Waals surface area contributed by atoms with Crippen LogP contribution >= 0.6 is 0 Å². The van der Waals surface area contributed by atoms with E-state index in [2.05, 4.69) is 25.9 Å². The number of fused-ring (bicyclic) bond motifs is 1. The van der Waals surface area contributed by atoms with E-state index in [-0.39, 0.29) is 24.4 Å². The number of aryl methyl sites for hydroxylation is 1. The summed E-state index contributed by atoms with van der Waals surface area (Å²) in [5, 5.41) is 14.0. The first-order valence-corrected chi connectivity index (χ1v) is 7.48. The average molecular weight is 304 g/mol. The van der Waals surface area contributed by atoms with Crippen LogP contribution in [0.1, 0.15) is 37.7 Å². The molecule has 118 valence electrons. The van der Waals surface area contributed by atoms with Crippen LogP contribution in [0, 0.1) is 0 Å². The fourth-order valence-corrected chi connectivity index (χ4v) is 2.44. The minimum absolute atomic E-state index is 0.143. The normalized spacial score (nSPS) is 17.5. The lowest BCUT2D eigenvalue weighted by molar-refractivity contribution is -0.115. The van der Waals surface area contributed by atoms with Gasteiger partial charge in [0, 0.05) is 18.5 Å². The molecular weight excluding hydrogens is 284 g/mol. The molecule has 2 aromatic heterocycles. The number of rotatable bonds is 5. The van der Waals surface area contributed by atoms with Gasteiger partial charge in [-0.05, 0) is 12.3 Å². The number of anilines is 1. The Balaban J connectivity index is 1.46. The fraction of sp³-hybridized carbons (Fsp3) is 0.571. The summed E-state index contributed by atoms with van der Waals surface area (Å²) in [7, 11) is 0. The van der Waals surface area contributed by atoms with Crippen LogP contribution in [0.25, 0.3) is 0 Å². The molecule has 1 atom stereocenters. The average Bonchev–Trinajstić information content (AvgIpc) is 3.13. The Bertz CT molecular complexity index is 647. The maximum absolute atomic E-state index is 11.9. The highest BCUT2D eigenvalue weighted by Gasteiger charge is 2.20. The smallest absolute Gasteiger partial charge is 0.240 e. The number of hydrogen-bond donors (Lipinski definition) is 2. The van der Waals surface area contributed by atoms with Crippen LogP contribution in [0.2, 0.25) is 0 Å². The van der Waals surface area contributed by atoms with E-state index in [1.807, 2.05) is 18.5 Å². The molecule has 1 aliphatic rings. The van der Waals surface area contributed by atoms with Crippen molar-refractivity contribution in [3.05, 3.63) is 23.9 Å². The highest BCUT2D eigenvalue weighted by molar-refractivity contribution is 5.90. The maximum Gasteiger partial charge on any atom is 0.240 e. The molecule has 0 fully saturated rings. The number of amides is 1. The molecule has 2 N–H and O–H groups in total. The first-order chi connectivity index (χ1) is 10.6. The van der Waals surface area contributed by atoms with Crippen molar-refractivity contribution in [3.8, 4) is 0 Å². The van der Waals surface area contributed by atoms with E-state index in [0.29, 0.717) is 5.88 Å². The molecule has 2 aromatic rings. The first-order valence-electron chi connectivity index (χ1n) is 7.48. The Hall–Kier alpha value is -2.22. The Morgan fingerprint density at radius 1 is 1.55 bits per heavy atom. The zero-order valence-corrected chi connectivity index (χ0v) is 12.7. The number of nitrogens with zero attached hydrogens (tertiary/aromatic N) is 4. The van der Waals surface area contributed by atoms with Crippen LogP contribution < -0.4 is 10.6 Å². The lowest BCUT2D eigenvalue weighted by Crippen LogP contribution is -2.41. The van der Waals surface area contributed by atoms with E-state index in [1.54, 1.807) is 12.4 Å². The van der Waals surface area contributed by atoms with Crippen LogP contribution in [0.15, 0.2) is 16.9 Å². The summed E-state index contributed by atoms with van der Waals surface area (Å²) in [5.41, 5.74) is 0.828. The second-order valence-corrected chi connectivity index (χ2v) is 5.79. The van der Waals surface area contributed by atoms with Crippen molar-refractivity contribution in [1.82, 2.24) is 25.2 Å². The van der Waals surface area contributed by atoms with Gasteiger partial charge < -0.3 is 9.84 Å². The third-order valence-corrected chi connectivity index (χ3v) is 3.74. The molecule has 0 aliphatic carbocycles. The highest BCUT2D eigenvalue weighted by Crippen LogP contribution is 2.17. The molecule has 0 bridgehead atoms. The second kappa shape index (κ2) is 6.27. The van der Waals surface area contributed by atoms with Crippen LogP contribution in [0.5, 0.6) is 0 Å². The summed E-state index contributed by atoms with van der Waals surface area (Å²) >= 11 is 0. The molecular formula is C14H20N6O2. The molecule has 0 radical (unpaired) electrons. The van der Waals surface area contributed by atoms with Crippen molar-refractivity contribution in [1.29, 1.82) is 0 Å². The molecule has 0 spiro atoms. The van der Waals surface area contributed by atoms with E-state index < -0.39 is 0 Å². The van der Waals surface area contributed by atoms with Gasteiger partial charge in [-0.15, -0.1) is 0 Å². The number of hydrogen-bond acceptors (Lipinski definition) is 6. The topological polar surface area (TPSA) is 97.9 Å². The molecule has 8 heteroatoms. The van der Waals surface area contributed by atoms with Gasteiger partial charge in [-0.2, -0.15) is 5.10 Å². The molecule has 0 saturated heterocycles. The van der Waals surface area contributed by atoms with Crippen LogP contribution in [-0.2, 0) is 17.8 Å². The first kappa shape index (κ1) is 14.7. The van der Waals surface area contributed by atoms with Gasteiger partial charge in [0.05, 0.1) is 18.8 Å². The van der Waals surface area contributed by atoms with Crippen LogP contribution in [-0.4, -0.2) is 38.4 Å². The SMILES string of the molecule is CC(C)c1cc(NC(=O)CN[C@H]2CCc3ncnn3C2)on1. The molecule has 3 heterocycles. The van der Waals surface area contributed by atoms with E-state index >= 15 is 0 Å². The molecule has 0 saturated carbocycles. The summed E-state index contributed by atoms with van der Waals surface area (Å²) in [5.74, 6) is 1.52. The molecule has 8 nitrogen and oxygen atoms in total. The molecule has 3 rings (SSSR count). The summed E-state index contributed by atoms with van der Waals surface area (Å²) < 4.78 is 6.97. The van der Waals surface area contributed by atoms with E-state index in [1.165, 1.54) is 0 Å². The molecule has 1 aliphatic heterocycles. The molecule has 0 unspecified atom stereocenters. The van der Waals surface area contributed by atoms with Crippen LogP contribution in [0.4, 0.5) is 5.88 Å². The lowest BCUT2D eigenvalue weighted by atomic mass is 10.1. The predicted molar refractivity (Wildman–Crippen MR) is 79.4 cm³/mol. The number of carbonyl (C=O) groups excluding carboxylic acids is 1. The van der Waals surface area contributed by atoms with Gasteiger partial charge in [-0.1, -0.05) is 19.0 Å². The minimum atomic E-state index is -0.143. The largest absolute Gasteiger partial charge is 0.338 e. The van der Waals surface area contributed by atoms with Gasteiger partial charge in [0.2, 0.25) is 11.8 Å². The minimum Gasteiger partial charge on any atom is -0.338 e. The van der Waals surface area contributed by atoms with Gasteiger partial charge in [-0.25, -0.2) is 9.67 Å².